The van der Waals surface area contributed by atoms with Crippen molar-refractivity contribution in [3.8, 4) is 0 Å². The second-order valence-electron chi connectivity index (χ2n) is 3.46. The summed E-state index contributed by atoms with van der Waals surface area (Å²) in [6.45, 7) is 2.10. The van der Waals surface area contributed by atoms with E-state index >= 15 is 0 Å². The highest BCUT2D eigenvalue weighted by Crippen LogP contribution is 2.20. The van der Waals surface area contributed by atoms with E-state index in [-0.39, 0.29) is 19.2 Å². The summed E-state index contributed by atoms with van der Waals surface area (Å²) in [5.41, 5.74) is 0. The molecule has 1 aliphatic rings. The molecule has 1 heterocycles. The van der Waals surface area contributed by atoms with Gasteiger partial charge in [-0.05, 0) is 19.8 Å². The number of piperidine rings is 1. The molecule has 0 N–H and O–H groups in total. The van der Waals surface area contributed by atoms with Crippen LogP contribution >= 0.6 is 11.6 Å². The van der Waals surface area contributed by atoms with Crippen LogP contribution in [0.2, 0.25) is 0 Å². The maximum absolute atomic E-state index is 11.8. The zero-order valence-electron chi connectivity index (χ0n) is 9.48. The molecule has 17 heavy (non-hydrogen) atoms. The number of alkyl halides is 1. The van der Waals surface area contributed by atoms with Gasteiger partial charge in [0.2, 0.25) is 5.91 Å². The summed E-state index contributed by atoms with van der Waals surface area (Å²) in [6, 6.07) is -0.327. The Bertz CT molecular complexity index is 292. The number of rotatable bonds is 3. The van der Waals surface area contributed by atoms with Gasteiger partial charge < -0.3 is 9.47 Å². The SMILES string of the molecule is CCOC(=O)C1CCCN(C(=O)OCCl)C1=O. The summed E-state index contributed by atoms with van der Waals surface area (Å²) in [5, 5.41) is 0. The largest absolute Gasteiger partial charge is 0.465 e. The number of hydrogen-bond donors (Lipinski definition) is 0. The minimum absolute atomic E-state index is 0.203. The summed E-state index contributed by atoms with van der Waals surface area (Å²) >= 11 is 5.24. The maximum Gasteiger partial charge on any atom is 0.417 e. The monoisotopic (exact) mass is 263 g/mol. The van der Waals surface area contributed by atoms with Crippen molar-refractivity contribution in [1.82, 2.24) is 4.90 Å². The molecular weight excluding hydrogens is 250 g/mol. The molecular formula is C10H14ClNO5. The van der Waals surface area contributed by atoms with Crippen LogP contribution in [0.15, 0.2) is 0 Å². The number of carbonyl (C=O) groups excluding carboxylic acids is 3. The molecule has 0 saturated carbocycles. The number of amides is 2. The molecule has 0 bridgehead atoms. The van der Waals surface area contributed by atoms with E-state index in [4.69, 9.17) is 16.3 Å². The first-order valence-corrected chi connectivity index (χ1v) is 5.86. The number of imide groups is 1. The van der Waals surface area contributed by atoms with Gasteiger partial charge in [0.15, 0.2) is 6.07 Å². The fraction of sp³-hybridized carbons (Fsp3) is 0.700. The molecule has 1 unspecified atom stereocenters. The lowest BCUT2D eigenvalue weighted by Crippen LogP contribution is -2.47. The number of likely N-dealkylation sites (tertiary alicyclic amines) is 1. The van der Waals surface area contributed by atoms with Crippen molar-refractivity contribution in [3.05, 3.63) is 0 Å². The van der Waals surface area contributed by atoms with Crippen LogP contribution in [0, 0.1) is 5.92 Å². The third-order valence-corrected chi connectivity index (χ3v) is 2.52. The van der Waals surface area contributed by atoms with E-state index in [2.05, 4.69) is 4.74 Å². The maximum atomic E-state index is 11.8. The van der Waals surface area contributed by atoms with Gasteiger partial charge in [0, 0.05) is 6.54 Å². The highest BCUT2D eigenvalue weighted by Gasteiger charge is 2.38. The zero-order valence-corrected chi connectivity index (χ0v) is 10.2. The molecule has 0 aromatic heterocycles. The number of nitrogens with zero attached hydrogens (tertiary/aromatic N) is 1. The van der Waals surface area contributed by atoms with Gasteiger partial charge >= 0.3 is 12.1 Å². The summed E-state index contributed by atoms with van der Waals surface area (Å²) in [6.07, 6.45) is 0.119. The molecule has 2 amide bonds. The average molecular weight is 264 g/mol. The average Bonchev–Trinajstić information content (AvgIpc) is 2.29. The minimum atomic E-state index is -0.911. The number of ether oxygens (including phenoxy) is 2. The lowest BCUT2D eigenvalue weighted by molar-refractivity contribution is -0.156. The Hall–Kier alpha value is -1.30. The predicted molar refractivity (Wildman–Crippen MR) is 58.3 cm³/mol. The second kappa shape index (κ2) is 6.44. The summed E-state index contributed by atoms with van der Waals surface area (Å²) in [4.78, 5) is 35.6. The Balaban J connectivity index is 2.68. The molecule has 1 atom stereocenters. The molecule has 1 saturated heterocycles. The van der Waals surface area contributed by atoms with E-state index in [9.17, 15) is 14.4 Å². The van der Waals surface area contributed by atoms with Crippen molar-refractivity contribution in [2.24, 2.45) is 5.92 Å². The van der Waals surface area contributed by atoms with Crippen molar-refractivity contribution in [2.45, 2.75) is 19.8 Å². The predicted octanol–water partition coefficient (Wildman–Crippen LogP) is 1.12. The minimum Gasteiger partial charge on any atom is -0.465 e. The molecule has 0 radical (unpaired) electrons. The fourth-order valence-corrected chi connectivity index (χ4v) is 1.74. The molecule has 0 spiro atoms. The first-order valence-electron chi connectivity index (χ1n) is 5.32. The Morgan fingerprint density at radius 1 is 1.47 bits per heavy atom. The van der Waals surface area contributed by atoms with Crippen molar-refractivity contribution in [3.63, 3.8) is 0 Å². The van der Waals surface area contributed by atoms with Crippen molar-refractivity contribution < 1.29 is 23.9 Å². The van der Waals surface area contributed by atoms with Crippen molar-refractivity contribution in [2.75, 3.05) is 19.2 Å². The first kappa shape index (κ1) is 13.8. The zero-order chi connectivity index (χ0) is 12.8. The highest BCUT2D eigenvalue weighted by molar-refractivity contribution is 6.17. The van der Waals surface area contributed by atoms with Crippen LogP contribution < -0.4 is 0 Å². The Morgan fingerprint density at radius 2 is 2.18 bits per heavy atom. The van der Waals surface area contributed by atoms with E-state index in [1.807, 2.05) is 0 Å². The van der Waals surface area contributed by atoms with Gasteiger partial charge in [-0.2, -0.15) is 0 Å². The first-order chi connectivity index (χ1) is 8.11. The summed E-state index contributed by atoms with van der Waals surface area (Å²) in [5.74, 6) is -2.09. The van der Waals surface area contributed by atoms with Crippen LogP contribution in [0.1, 0.15) is 19.8 Å². The second-order valence-corrected chi connectivity index (χ2v) is 3.67. The summed E-state index contributed by atoms with van der Waals surface area (Å²) in [7, 11) is 0. The lowest BCUT2D eigenvalue weighted by Gasteiger charge is -2.28. The third kappa shape index (κ3) is 3.33. The van der Waals surface area contributed by atoms with Crippen LogP contribution in [0.5, 0.6) is 0 Å². The molecule has 6 nitrogen and oxygen atoms in total. The van der Waals surface area contributed by atoms with Crippen LogP contribution in [-0.2, 0) is 19.1 Å². The molecule has 1 fully saturated rings. The van der Waals surface area contributed by atoms with Crippen LogP contribution in [0.25, 0.3) is 0 Å². The van der Waals surface area contributed by atoms with E-state index in [0.29, 0.717) is 12.8 Å². The Kier molecular flexibility index (Phi) is 5.21. The molecule has 0 aromatic rings. The van der Waals surface area contributed by atoms with Gasteiger partial charge in [0.05, 0.1) is 6.61 Å². The van der Waals surface area contributed by atoms with Gasteiger partial charge in [0.25, 0.3) is 0 Å². The number of esters is 1. The van der Waals surface area contributed by atoms with Crippen molar-refractivity contribution >= 4 is 29.6 Å². The fourth-order valence-electron chi connectivity index (χ4n) is 1.64. The van der Waals surface area contributed by atoms with Gasteiger partial charge in [-0.25, -0.2) is 9.69 Å². The quantitative estimate of drug-likeness (QED) is 0.433. The third-order valence-electron chi connectivity index (χ3n) is 2.41. The molecule has 1 rings (SSSR count). The van der Waals surface area contributed by atoms with Gasteiger partial charge in [-0.3, -0.25) is 9.59 Å². The van der Waals surface area contributed by atoms with Crippen molar-refractivity contribution in [1.29, 1.82) is 0 Å². The van der Waals surface area contributed by atoms with E-state index in [1.54, 1.807) is 6.92 Å². The van der Waals surface area contributed by atoms with Crippen LogP contribution in [0.4, 0.5) is 4.79 Å². The molecule has 0 aliphatic carbocycles. The Labute approximate surface area is 104 Å². The molecule has 1 aliphatic heterocycles. The smallest absolute Gasteiger partial charge is 0.417 e. The highest BCUT2D eigenvalue weighted by atomic mass is 35.5. The normalized spacial score (nSPS) is 20.0. The number of hydrogen-bond acceptors (Lipinski definition) is 5. The van der Waals surface area contributed by atoms with Gasteiger partial charge in [-0.1, -0.05) is 11.6 Å². The van der Waals surface area contributed by atoms with Gasteiger partial charge in [-0.15, -0.1) is 0 Å². The van der Waals surface area contributed by atoms with E-state index in [0.717, 1.165) is 4.90 Å². The van der Waals surface area contributed by atoms with E-state index in [1.165, 1.54) is 0 Å². The topological polar surface area (TPSA) is 72.9 Å². The number of carbonyl (C=O) groups is 3. The standard InChI is InChI=1S/C10H14ClNO5/c1-2-16-9(14)7-4-3-5-12(8(7)13)10(15)17-6-11/h7H,2-6H2,1H3. The summed E-state index contributed by atoms with van der Waals surface area (Å²) < 4.78 is 9.29. The van der Waals surface area contributed by atoms with Gasteiger partial charge in [0.1, 0.15) is 5.92 Å². The van der Waals surface area contributed by atoms with Crippen LogP contribution in [0.3, 0.4) is 0 Å². The van der Waals surface area contributed by atoms with Crippen LogP contribution in [-0.4, -0.2) is 42.1 Å². The Morgan fingerprint density at radius 3 is 2.76 bits per heavy atom. The van der Waals surface area contributed by atoms with E-state index < -0.39 is 23.9 Å². The lowest BCUT2D eigenvalue weighted by atomic mass is 9.97. The molecule has 7 heteroatoms. The molecule has 0 aromatic carbocycles. The molecule has 96 valence electrons. The number of halogens is 1.